The van der Waals surface area contributed by atoms with E-state index in [4.69, 9.17) is 0 Å². The molecule has 1 aliphatic rings. The first-order valence-corrected chi connectivity index (χ1v) is 8.44. The van der Waals surface area contributed by atoms with Gasteiger partial charge in [0.25, 0.3) is 5.91 Å². The molecule has 2 rings (SSSR count). The number of piperidine rings is 1. The van der Waals surface area contributed by atoms with Crippen LogP contribution < -0.4 is 10.6 Å². The van der Waals surface area contributed by atoms with Gasteiger partial charge in [-0.05, 0) is 76.7 Å². The quantitative estimate of drug-likeness (QED) is 0.823. The predicted molar refractivity (Wildman–Crippen MR) is 82.2 cm³/mol. The summed E-state index contributed by atoms with van der Waals surface area (Å²) in [5.41, 5.74) is 0. The third kappa shape index (κ3) is 3.56. The Kier molecular flexibility index (Phi) is 5.24. The summed E-state index contributed by atoms with van der Waals surface area (Å²) in [6.07, 6.45) is 2.38. The van der Waals surface area contributed by atoms with Crippen LogP contribution in [0.4, 0.5) is 0 Å². The van der Waals surface area contributed by atoms with E-state index in [1.807, 2.05) is 6.07 Å². The molecule has 0 spiro atoms. The molecule has 1 aliphatic heterocycles. The first-order valence-electron chi connectivity index (χ1n) is 6.04. The molecule has 100 valence electrons. The fraction of sp³-hybridized carbons (Fsp3) is 0.583. The van der Waals surface area contributed by atoms with Crippen LogP contribution in [0.25, 0.3) is 0 Å². The van der Waals surface area contributed by atoms with Crippen molar-refractivity contribution in [2.45, 2.75) is 25.8 Å². The van der Waals surface area contributed by atoms with Crippen LogP contribution in [0.3, 0.4) is 0 Å². The second kappa shape index (κ2) is 6.50. The summed E-state index contributed by atoms with van der Waals surface area (Å²) in [6.45, 7) is 4.19. The molecule has 18 heavy (non-hydrogen) atoms. The highest BCUT2D eigenvalue weighted by Crippen LogP contribution is 2.32. The van der Waals surface area contributed by atoms with Gasteiger partial charge in [-0.1, -0.05) is 0 Å². The van der Waals surface area contributed by atoms with Crippen molar-refractivity contribution in [3.63, 3.8) is 0 Å². The Hall–Kier alpha value is 0.0900. The van der Waals surface area contributed by atoms with Gasteiger partial charge in [0.15, 0.2) is 0 Å². The number of nitrogens with one attached hydrogen (secondary N) is 2. The fourth-order valence-electron chi connectivity index (χ4n) is 2.16. The molecule has 1 amide bonds. The Morgan fingerprint density at radius 2 is 2.39 bits per heavy atom. The Bertz CT molecular complexity index is 410. The van der Waals surface area contributed by atoms with E-state index in [1.165, 1.54) is 24.2 Å². The van der Waals surface area contributed by atoms with Crippen LogP contribution in [-0.4, -0.2) is 25.0 Å². The second-order valence-corrected chi connectivity index (χ2v) is 7.83. The molecule has 0 radical (unpaired) electrons. The van der Waals surface area contributed by atoms with Crippen LogP contribution in [0.5, 0.6) is 0 Å². The van der Waals surface area contributed by atoms with Gasteiger partial charge in [-0.15, -0.1) is 11.3 Å². The van der Waals surface area contributed by atoms with E-state index in [0.717, 1.165) is 26.2 Å². The third-order valence-corrected chi connectivity index (χ3v) is 6.52. The van der Waals surface area contributed by atoms with E-state index in [0.29, 0.717) is 5.92 Å². The van der Waals surface area contributed by atoms with Gasteiger partial charge < -0.3 is 10.6 Å². The molecule has 2 N–H and O–H groups in total. The number of carbonyl (C=O) groups is 1. The maximum Gasteiger partial charge on any atom is 0.261 e. The monoisotopic (exact) mass is 394 g/mol. The Morgan fingerprint density at radius 3 is 2.94 bits per heavy atom. The van der Waals surface area contributed by atoms with Crippen LogP contribution in [0.1, 0.15) is 29.4 Å². The topological polar surface area (TPSA) is 41.1 Å². The molecule has 1 saturated heterocycles. The number of carbonyl (C=O) groups excluding carboxylic acids is 1. The van der Waals surface area contributed by atoms with E-state index in [1.54, 1.807) is 0 Å². The number of hydrogen-bond donors (Lipinski definition) is 2. The van der Waals surface area contributed by atoms with Gasteiger partial charge in [-0.2, -0.15) is 0 Å². The van der Waals surface area contributed by atoms with Gasteiger partial charge in [-0.25, -0.2) is 0 Å². The molecular formula is C12H16Br2N2OS. The lowest BCUT2D eigenvalue weighted by atomic mass is 9.93. The van der Waals surface area contributed by atoms with Crippen LogP contribution in [0, 0.1) is 5.92 Å². The van der Waals surface area contributed by atoms with E-state index in [9.17, 15) is 4.79 Å². The minimum absolute atomic E-state index is 0.0180. The van der Waals surface area contributed by atoms with Crippen molar-refractivity contribution in [2.24, 2.45) is 5.92 Å². The standard InChI is InChI=1S/C12H16Br2N2OS/c1-7(8-3-2-4-15-6-8)16-12(17)10-5-9(13)11(14)18-10/h5,7-8,15H,2-4,6H2,1H3,(H,16,17). The van der Waals surface area contributed by atoms with E-state index in [-0.39, 0.29) is 11.9 Å². The van der Waals surface area contributed by atoms with Crippen molar-refractivity contribution in [2.75, 3.05) is 13.1 Å². The molecule has 6 heteroatoms. The average molecular weight is 396 g/mol. The molecule has 1 fully saturated rings. The minimum Gasteiger partial charge on any atom is -0.349 e. The summed E-state index contributed by atoms with van der Waals surface area (Å²) in [6, 6.07) is 2.07. The molecule has 2 heterocycles. The van der Waals surface area contributed by atoms with Gasteiger partial charge in [0.1, 0.15) is 0 Å². The van der Waals surface area contributed by atoms with Crippen molar-refractivity contribution in [1.29, 1.82) is 0 Å². The molecule has 1 aromatic heterocycles. The molecular weight excluding hydrogens is 380 g/mol. The van der Waals surface area contributed by atoms with Crippen molar-refractivity contribution in [3.05, 3.63) is 19.2 Å². The lowest BCUT2D eigenvalue weighted by Gasteiger charge is -2.28. The Morgan fingerprint density at radius 1 is 1.61 bits per heavy atom. The van der Waals surface area contributed by atoms with Gasteiger partial charge in [0.2, 0.25) is 0 Å². The van der Waals surface area contributed by atoms with Crippen LogP contribution in [0.15, 0.2) is 14.3 Å². The summed E-state index contributed by atoms with van der Waals surface area (Å²) in [5.74, 6) is 0.555. The molecule has 0 bridgehead atoms. The second-order valence-electron chi connectivity index (χ2n) is 4.60. The molecule has 2 unspecified atom stereocenters. The zero-order chi connectivity index (χ0) is 13.1. The third-order valence-electron chi connectivity index (χ3n) is 3.27. The largest absolute Gasteiger partial charge is 0.349 e. The Labute approximate surface area is 128 Å². The average Bonchev–Trinajstić information content (AvgIpc) is 2.71. The molecule has 0 saturated carbocycles. The highest BCUT2D eigenvalue weighted by Gasteiger charge is 2.22. The molecule has 1 aromatic rings. The molecule has 0 aromatic carbocycles. The SMILES string of the molecule is CC(NC(=O)c1cc(Br)c(Br)s1)C1CCCNC1. The van der Waals surface area contributed by atoms with Gasteiger partial charge in [0, 0.05) is 10.5 Å². The van der Waals surface area contributed by atoms with Crippen molar-refractivity contribution >= 4 is 49.1 Å². The normalized spacial score (nSPS) is 21.6. The summed E-state index contributed by atoms with van der Waals surface area (Å²) in [4.78, 5) is 12.8. The highest BCUT2D eigenvalue weighted by molar-refractivity contribution is 9.13. The maximum absolute atomic E-state index is 12.1. The minimum atomic E-state index is 0.0180. The summed E-state index contributed by atoms with van der Waals surface area (Å²) in [7, 11) is 0. The zero-order valence-corrected chi connectivity index (χ0v) is 14.1. The summed E-state index contributed by atoms with van der Waals surface area (Å²) >= 11 is 8.26. The molecule has 0 aliphatic carbocycles. The number of halogens is 2. The fourth-order valence-corrected chi connectivity index (χ4v) is 4.10. The number of thiophene rings is 1. The van der Waals surface area contributed by atoms with Crippen LogP contribution in [0.2, 0.25) is 0 Å². The van der Waals surface area contributed by atoms with Crippen LogP contribution in [-0.2, 0) is 0 Å². The molecule has 3 nitrogen and oxygen atoms in total. The number of amides is 1. The van der Waals surface area contributed by atoms with Crippen molar-refractivity contribution < 1.29 is 4.79 Å². The lowest BCUT2D eigenvalue weighted by molar-refractivity contribution is 0.0926. The van der Waals surface area contributed by atoms with E-state index < -0.39 is 0 Å². The van der Waals surface area contributed by atoms with Gasteiger partial charge in [-0.3, -0.25) is 4.79 Å². The lowest BCUT2D eigenvalue weighted by Crippen LogP contribution is -2.44. The first kappa shape index (κ1) is 14.5. The zero-order valence-electron chi connectivity index (χ0n) is 10.1. The van der Waals surface area contributed by atoms with E-state index in [2.05, 4.69) is 49.4 Å². The van der Waals surface area contributed by atoms with E-state index >= 15 is 0 Å². The predicted octanol–water partition coefficient (Wildman–Crippen LogP) is 3.39. The summed E-state index contributed by atoms with van der Waals surface area (Å²) < 4.78 is 1.89. The first-order chi connectivity index (χ1) is 8.58. The van der Waals surface area contributed by atoms with Crippen molar-refractivity contribution in [3.8, 4) is 0 Å². The maximum atomic E-state index is 12.1. The van der Waals surface area contributed by atoms with Gasteiger partial charge >= 0.3 is 0 Å². The van der Waals surface area contributed by atoms with Gasteiger partial charge in [0.05, 0.1) is 8.66 Å². The molecule has 2 atom stereocenters. The van der Waals surface area contributed by atoms with Crippen molar-refractivity contribution in [1.82, 2.24) is 10.6 Å². The highest BCUT2D eigenvalue weighted by atomic mass is 79.9. The smallest absolute Gasteiger partial charge is 0.261 e. The Balaban J connectivity index is 1.93. The number of hydrogen-bond acceptors (Lipinski definition) is 3. The number of rotatable bonds is 3. The summed E-state index contributed by atoms with van der Waals surface area (Å²) in [5, 5.41) is 6.47. The van der Waals surface area contributed by atoms with Crippen LogP contribution >= 0.6 is 43.2 Å².